The van der Waals surface area contributed by atoms with Gasteiger partial charge in [0.2, 0.25) is 0 Å². The number of thiazole rings is 1. The third-order valence-electron chi connectivity index (χ3n) is 2.50. The Morgan fingerprint density at radius 1 is 1.29 bits per heavy atom. The van der Waals surface area contributed by atoms with E-state index in [4.69, 9.17) is 5.73 Å². The number of amides is 1. The smallest absolute Gasteiger partial charge is 0.273 e. The van der Waals surface area contributed by atoms with Crippen LogP contribution in [0.3, 0.4) is 0 Å². The quantitative estimate of drug-likeness (QED) is 0.887. The predicted octanol–water partition coefficient (Wildman–Crippen LogP) is 1.69. The second-order valence-electron chi connectivity index (χ2n) is 4.07. The van der Waals surface area contributed by atoms with Gasteiger partial charge in [-0.15, -0.1) is 36.2 Å². The van der Waals surface area contributed by atoms with Crippen molar-refractivity contribution in [1.29, 1.82) is 0 Å². The summed E-state index contributed by atoms with van der Waals surface area (Å²) in [6.07, 6.45) is 3.46. The van der Waals surface area contributed by atoms with Gasteiger partial charge in [0.25, 0.3) is 5.91 Å². The van der Waals surface area contributed by atoms with Crippen LogP contribution >= 0.6 is 36.2 Å². The molecular weight excluding hydrogens is 333 g/mol. The first kappa shape index (κ1) is 19.7. The van der Waals surface area contributed by atoms with Crippen molar-refractivity contribution in [3.63, 3.8) is 0 Å². The molecule has 9 heteroatoms. The van der Waals surface area contributed by atoms with Crippen LogP contribution in [0.5, 0.6) is 0 Å². The molecule has 2 aromatic rings. The van der Waals surface area contributed by atoms with E-state index >= 15 is 0 Å². The highest BCUT2D eigenvalue weighted by Gasteiger charge is 2.18. The van der Waals surface area contributed by atoms with Gasteiger partial charge in [0.05, 0.1) is 12.1 Å². The molecule has 21 heavy (non-hydrogen) atoms. The lowest BCUT2D eigenvalue weighted by atomic mass is 10.3. The molecule has 0 saturated heterocycles. The van der Waals surface area contributed by atoms with E-state index in [9.17, 15) is 4.79 Å². The van der Waals surface area contributed by atoms with E-state index in [1.165, 1.54) is 11.3 Å². The van der Waals surface area contributed by atoms with Crippen molar-refractivity contribution in [2.45, 2.75) is 13.5 Å². The van der Waals surface area contributed by atoms with E-state index in [-0.39, 0.29) is 30.7 Å². The van der Waals surface area contributed by atoms with Gasteiger partial charge in [-0.1, -0.05) is 0 Å². The lowest BCUT2D eigenvalue weighted by molar-refractivity contribution is 0.0739. The Kier molecular flexibility index (Phi) is 9.03. The van der Waals surface area contributed by atoms with Gasteiger partial charge in [0, 0.05) is 30.9 Å². The Hall–Kier alpha value is -1.28. The molecule has 0 fully saturated rings. The average molecular weight is 350 g/mol. The molecular formula is C12H17Cl2N5OS. The van der Waals surface area contributed by atoms with Crippen LogP contribution in [-0.4, -0.2) is 38.8 Å². The summed E-state index contributed by atoms with van der Waals surface area (Å²) in [5.41, 5.74) is 8.60. The van der Waals surface area contributed by atoms with Crippen LogP contribution in [0.2, 0.25) is 0 Å². The van der Waals surface area contributed by atoms with Gasteiger partial charge in [0.15, 0.2) is 0 Å². The summed E-state index contributed by atoms with van der Waals surface area (Å²) >= 11 is 1.39. The molecule has 2 heterocycles. The van der Waals surface area contributed by atoms with Crippen molar-refractivity contribution >= 4 is 42.1 Å². The maximum Gasteiger partial charge on any atom is 0.273 e. The molecule has 2 aromatic heterocycles. The molecule has 0 aliphatic rings. The average Bonchev–Trinajstić information content (AvgIpc) is 2.94. The molecule has 1 amide bonds. The monoisotopic (exact) mass is 349 g/mol. The van der Waals surface area contributed by atoms with Gasteiger partial charge < -0.3 is 10.6 Å². The standard InChI is InChI=1S/C12H15N5OS.2ClH/c1-9-4-14-11(15-5-9)6-17(3-2-13)12(18)10-7-19-8-16-10;;/h4-5,7-8H,2-3,6,13H2,1H3;2*1H. The van der Waals surface area contributed by atoms with Gasteiger partial charge in [-0.25, -0.2) is 15.0 Å². The van der Waals surface area contributed by atoms with Crippen LogP contribution in [0.4, 0.5) is 0 Å². The fourth-order valence-corrected chi connectivity index (χ4v) is 2.09. The van der Waals surface area contributed by atoms with Gasteiger partial charge in [-0.3, -0.25) is 4.79 Å². The number of halogens is 2. The molecule has 0 aliphatic carbocycles. The van der Waals surface area contributed by atoms with Crippen LogP contribution in [0.25, 0.3) is 0 Å². The Morgan fingerprint density at radius 3 is 2.48 bits per heavy atom. The van der Waals surface area contributed by atoms with E-state index in [0.717, 1.165) is 5.56 Å². The highest BCUT2D eigenvalue weighted by Crippen LogP contribution is 2.08. The topological polar surface area (TPSA) is 85.0 Å². The number of hydrogen-bond donors (Lipinski definition) is 1. The number of aryl methyl sites for hydroxylation is 1. The fourth-order valence-electron chi connectivity index (χ4n) is 1.56. The van der Waals surface area contributed by atoms with E-state index in [1.54, 1.807) is 28.2 Å². The van der Waals surface area contributed by atoms with Crippen LogP contribution in [0.1, 0.15) is 21.9 Å². The zero-order valence-corrected chi connectivity index (χ0v) is 13.9. The van der Waals surface area contributed by atoms with Crippen LogP contribution < -0.4 is 5.73 Å². The first-order valence-electron chi connectivity index (χ1n) is 5.85. The highest BCUT2D eigenvalue weighted by molar-refractivity contribution is 7.07. The van der Waals surface area contributed by atoms with E-state index in [2.05, 4.69) is 15.0 Å². The Labute approximate surface area is 139 Å². The molecule has 116 valence electrons. The molecule has 0 saturated carbocycles. The minimum Gasteiger partial charge on any atom is -0.329 e. The predicted molar refractivity (Wildman–Crippen MR) is 87.2 cm³/mol. The number of hydrogen-bond acceptors (Lipinski definition) is 6. The second kappa shape index (κ2) is 9.62. The number of nitrogens with zero attached hydrogens (tertiary/aromatic N) is 4. The Balaban J connectivity index is 0.00000200. The van der Waals surface area contributed by atoms with Crippen molar-refractivity contribution in [3.8, 4) is 0 Å². The van der Waals surface area contributed by atoms with E-state index < -0.39 is 0 Å². The molecule has 0 bridgehead atoms. The molecule has 0 spiro atoms. The lowest BCUT2D eigenvalue weighted by Gasteiger charge is -2.20. The minimum atomic E-state index is -0.143. The maximum absolute atomic E-state index is 12.2. The fraction of sp³-hybridized carbons (Fsp3) is 0.333. The van der Waals surface area contributed by atoms with E-state index in [0.29, 0.717) is 31.2 Å². The zero-order valence-electron chi connectivity index (χ0n) is 11.4. The van der Waals surface area contributed by atoms with Crippen molar-refractivity contribution in [3.05, 3.63) is 40.4 Å². The second-order valence-corrected chi connectivity index (χ2v) is 4.78. The molecule has 2 rings (SSSR count). The van der Waals surface area contributed by atoms with Crippen LogP contribution in [0.15, 0.2) is 23.3 Å². The SMILES string of the molecule is Cc1cnc(CN(CCN)C(=O)c2cscn2)nc1.Cl.Cl. The largest absolute Gasteiger partial charge is 0.329 e. The van der Waals surface area contributed by atoms with Crippen LogP contribution in [-0.2, 0) is 6.54 Å². The van der Waals surface area contributed by atoms with Gasteiger partial charge in [-0.2, -0.15) is 0 Å². The van der Waals surface area contributed by atoms with Crippen molar-refractivity contribution < 1.29 is 4.79 Å². The Morgan fingerprint density at radius 2 is 1.95 bits per heavy atom. The summed E-state index contributed by atoms with van der Waals surface area (Å²) in [4.78, 5) is 26.3. The first-order valence-corrected chi connectivity index (χ1v) is 6.80. The van der Waals surface area contributed by atoms with Gasteiger partial charge in [0.1, 0.15) is 11.5 Å². The zero-order chi connectivity index (χ0) is 13.7. The molecule has 0 aromatic carbocycles. The summed E-state index contributed by atoms with van der Waals surface area (Å²) in [6, 6.07) is 0. The van der Waals surface area contributed by atoms with Crippen LogP contribution in [0, 0.1) is 6.92 Å². The summed E-state index contributed by atoms with van der Waals surface area (Å²) in [5, 5.41) is 1.72. The molecule has 0 radical (unpaired) electrons. The Bertz CT molecular complexity index is 535. The van der Waals surface area contributed by atoms with E-state index in [1.807, 2.05) is 6.92 Å². The highest BCUT2D eigenvalue weighted by atomic mass is 35.5. The number of aromatic nitrogens is 3. The number of nitrogens with two attached hydrogens (primary N) is 1. The van der Waals surface area contributed by atoms with Crippen molar-refractivity contribution in [2.75, 3.05) is 13.1 Å². The summed E-state index contributed by atoms with van der Waals surface area (Å²) in [5.74, 6) is 0.457. The summed E-state index contributed by atoms with van der Waals surface area (Å²) < 4.78 is 0. The molecule has 0 aliphatic heterocycles. The molecule has 0 unspecified atom stereocenters. The molecule has 0 atom stereocenters. The number of rotatable bonds is 5. The number of carbonyl (C=O) groups is 1. The van der Waals surface area contributed by atoms with Crippen molar-refractivity contribution in [1.82, 2.24) is 19.9 Å². The third-order valence-corrected chi connectivity index (χ3v) is 3.09. The van der Waals surface area contributed by atoms with Crippen molar-refractivity contribution in [2.24, 2.45) is 5.73 Å². The first-order chi connectivity index (χ1) is 9.20. The summed E-state index contributed by atoms with van der Waals surface area (Å²) in [6.45, 7) is 3.10. The van der Waals surface area contributed by atoms with Gasteiger partial charge >= 0.3 is 0 Å². The van der Waals surface area contributed by atoms with Gasteiger partial charge in [-0.05, 0) is 12.5 Å². The molecule has 6 nitrogen and oxygen atoms in total. The normalized spacial score (nSPS) is 9.43. The lowest BCUT2D eigenvalue weighted by Crippen LogP contribution is -2.35. The maximum atomic E-state index is 12.2. The minimum absolute atomic E-state index is 0. The third kappa shape index (κ3) is 5.55. The summed E-state index contributed by atoms with van der Waals surface area (Å²) in [7, 11) is 0. The number of carbonyl (C=O) groups excluding carboxylic acids is 1. The molecule has 2 N–H and O–H groups in total.